The quantitative estimate of drug-likeness (QED) is 0.165. The molecule has 1 aromatic carbocycles. The molecule has 7 heteroatoms. The molecule has 104 valence electrons. The van der Waals surface area contributed by atoms with Gasteiger partial charge in [-0.3, -0.25) is 10.1 Å². The second kappa shape index (κ2) is 8.04. The van der Waals surface area contributed by atoms with Gasteiger partial charge in [-0.05, 0) is 24.9 Å². The average molecular weight is 266 g/mol. The molecule has 0 saturated carbocycles. The topological polar surface area (TPSA) is 114 Å². The SMILES string of the molecule is NC(CCCCNCc1ccc([N+](=O)[O-])cc1)=NO. The van der Waals surface area contributed by atoms with Crippen LogP contribution in [0, 0.1) is 10.1 Å². The van der Waals surface area contributed by atoms with Crippen LogP contribution in [0.3, 0.4) is 0 Å². The van der Waals surface area contributed by atoms with Gasteiger partial charge >= 0.3 is 0 Å². The monoisotopic (exact) mass is 266 g/mol. The lowest BCUT2D eigenvalue weighted by atomic mass is 10.2. The molecule has 0 radical (unpaired) electrons. The normalized spacial score (nSPS) is 11.5. The molecule has 0 saturated heterocycles. The van der Waals surface area contributed by atoms with Gasteiger partial charge in [0.2, 0.25) is 0 Å². The number of benzene rings is 1. The molecule has 0 aromatic heterocycles. The Labute approximate surface area is 111 Å². The molecule has 1 aromatic rings. The van der Waals surface area contributed by atoms with Gasteiger partial charge in [0.05, 0.1) is 4.92 Å². The summed E-state index contributed by atoms with van der Waals surface area (Å²) in [5.41, 5.74) is 6.44. The van der Waals surface area contributed by atoms with Crippen LogP contribution >= 0.6 is 0 Å². The summed E-state index contributed by atoms with van der Waals surface area (Å²) in [5.74, 6) is 0.246. The fourth-order valence-electron chi connectivity index (χ4n) is 1.57. The Morgan fingerprint density at radius 3 is 2.63 bits per heavy atom. The number of non-ortho nitro benzene ring substituents is 1. The molecular formula is C12H18N4O3. The molecule has 4 N–H and O–H groups in total. The van der Waals surface area contributed by atoms with Gasteiger partial charge in [-0.1, -0.05) is 17.3 Å². The average Bonchev–Trinajstić information content (AvgIpc) is 2.42. The van der Waals surface area contributed by atoms with Gasteiger partial charge in [0.1, 0.15) is 5.84 Å². The van der Waals surface area contributed by atoms with Crippen molar-refractivity contribution in [1.29, 1.82) is 0 Å². The van der Waals surface area contributed by atoms with E-state index in [1.807, 2.05) is 0 Å². The molecule has 7 nitrogen and oxygen atoms in total. The number of rotatable bonds is 8. The van der Waals surface area contributed by atoms with Crippen LogP contribution in [0.2, 0.25) is 0 Å². The van der Waals surface area contributed by atoms with Crippen molar-refractivity contribution in [1.82, 2.24) is 5.32 Å². The Hall–Kier alpha value is -2.15. The van der Waals surface area contributed by atoms with Gasteiger partial charge in [0.15, 0.2) is 0 Å². The van der Waals surface area contributed by atoms with Crippen molar-refractivity contribution in [3.05, 3.63) is 39.9 Å². The minimum Gasteiger partial charge on any atom is -0.409 e. The minimum absolute atomic E-state index is 0.0996. The van der Waals surface area contributed by atoms with Crippen molar-refractivity contribution < 1.29 is 10.1 Å². The van der Waals surface area contributed by atoms with Crippen molar-refractivity contribution in [3.63, 3.8) is 0 Å². The summed E-state index contributed by atoms with van der Waals surface area (Å²) >= 11 is 0. The second-order valence-corrected chi connectivity index (χ2v) is 4.15. The van der Waals surface area contributed by atoms with Crippen molar-refractivity contribution in [2.75, 3.05) is 6.54 Å². The van der Waals surface area contributed by atoms with Crippen LogP contribution in [0.5, 0.6) is 0 Å². The standard InChI is InChI=1S/C12H18N4O3/c13-12(15-17)3-1-2-8-14-9-10-4-6-11(7-5-10)16(18)19/h4-7,14,17H,1-3,8-9H2,(H2,13,15). The molecule has 0 amide bonds. The van der Waals surface area contributed by atoms with E-state index in [1.54, 1.807) is 12.1 Å². The van der Waals surface area contributed by atoms with Crippen LogP contribution in [-0.2, 0) is 6.54 Å². The van der Waals surface area contributed by atoms with Crippen LogP contribution in [-0.4, -0.2) is 22.5 Å². The van der Waals surface area contributed by atoms with Gasteiger partial charge in [-0.25, -0.2) is 0 Å². The van der Waals surface area contributed by atoms with E-state index < -0.39 is 4.92 Å². The predicted octanol–water partition coefficient (Wildman–Crippen LogP) is 1.60. The molecule has 19 heavy (non-hydrogen) atoms. The van der Waals surface area contributed by atoms with Crippen LogP contribution in [0.15, 0.2) is 29.4 Å². The van der Waals surface area contributed by atoms with Crippen molar-refractivity contribution in [2.45, 2.75) is 25.8 Å². The summed E-state index contributed by atoms with van der Waals surface area (Å²) in [6.45, 7) is 1.48. The van der Waals surface area contributed by atoms with E-state index in [4.69, 9.17) is 10.9 Å². The summed E-state index contributed by atoms with van der Waals surface area (Å²) in [4.78, 5) is 10.1. The molecular weight excluding hydrogens is 248 g/mol. The minimum atomic E-state index is -0.412. The van der Waals surface area contributed by atoms with Crippen LogP contribution < -0.4 is 11.1 Å². The van der Waals surface area contributed by atoms with Crippen molar-refractivity contribution in [2.24, 2.45) is 10.9 Å². The van der Waals surface area contributed by atoms with E-state index in [9.17, 15) is 10.1 Å². The van der Waals surface area contributed by atoms with E-state index >= 15 is 0 Å². The number of unbranched alkanes of at least 4 members (excludes halogenated alkanes) is 1. The molecule has 0 heterocycles. The first-order valence-electron chi connectivity index (χ1n) is 6.04. The van der Waals surface area contributed by atoms with Crippen LogP contribution in [0.25, 0.3) is 0 Å². The highest BCUT2D eigenvalue weighted by atomic mass is 16.6. The zero-order valence-electron chi connectivity index (χ0n) is 10.6. The first-order valence-corrected chi connectivity index (χ1v) is 6.04. The maximum atomic E-state index is 10.5. The molecule has 0 bridgehead atoms. The third kappa shape index (κ3) is 5.82. The largest absolute Gasteiger partial charge is 0.409 e. The maximum absolute atomic E-state index is 10.5. The molecule has 0 atom stereocenters. The summed E-state index contributed by atoms with van der Waals surface area (Å²) in [6.07, 6.45) is 2.35. The van der Waals surface area contributed by atoms with Gasteiger partial charge in [0, 0.05) is 25.1 Å². The second-order valence-electron chi connectivity index (χ2n) is 4.15. The number of nitro benzene ring substituents is 1. The van der Waals surface area contributed by atoms with Crippen LogP contribution in [0.4, 0.5) is 5.69 Å². The Kier molecular flexibility index (Phi) is 6.31. The van der Waals surface area contributed by atoms with E-state index in [0.29, 0.717) is 13.0 Å². The molecule has 0 aliphatic carbocycles. The lowest BCUT2D eigenvalue weighted by molar-refractivity contribution is -0.384. The number of nitro groups is 1. The molecule has 0 aliphatic heterocycles. The molecule has 1 rings (SSSR count). The zero-order chi connectivity index (χ0) is 14.1. The maximum Gasteiger partial charge on any atom is 0.269 e. The number of hydrogen-bond acceptors (Lipinski definition) is 5. The lowest BCUT2D eigenvalue weighted by Crippen LogP contribution is -2.16. The van der Waals surface area contributed by atoms with Gasteiger partial charge in [-0.15, -0.1) is 0 Å². The van der Waals surface area contributed by atoms with Gasteiger partial charge in [0.25, 0.3) is 5.69 Å². The number of nitrogens with one attached hydrogen (secondary N) is 1. The van der Waals surface area contributed by atoms with E-state index in [0.717, 1.165) is 24.9 Å². The number of nitrogens with zero attached hydrogens (tertiary/aromatic N) is 2. The summed E-state index contributed by atoms with van der Waals surface area (Å²) in [7, 11) is 0. The van der Waals surface area contributed by atoms with Crippen molar-refractivity contribution in [3.8, 4) is 0 Å². The molecule has 0 spiro atoms. The highest BCUT2D eigenvalue weighted by Crippen LogP contribution is 2.11. The Morgan fingerprint density at radius 1 is 1.37 bits per heavy atom. The third-order valence-electron chi connectivity index (χ3n) is 2.64. The van der Waals surface area contributed by atoms with E-state index in [-0.39, 0.29) is 11.5 Å². The zero-order valence-corrected chi connectivity index (χ0v) is 10.6. The first-order chi connectivity index (χ1) is 9.13. The summed E-state index contributed by atoms with van der Waals surface area (Å²) in [6, 6.07) is 6.47. The van der Waals surface area contributed by atoms with Gasteiger partial charge in [-0.2, -0.15) is 0 Å². The van der Waals surface area contributed by atoms with E-state index in [2.05, 4.69) is 10.5 Å². The Morgan fingerprint density at radius 2 is 2.05 bits per heavy atom. The fourth-order valence-corrected chi connectivity index (χ4v) is 1.57. The molecule has 0 unspecified atom stereocenters. The van der Waals surface area contributed by atoms with Crippen molar-refractivity contribution >= 4 is 11.5 Å². The number of oxime groups is 1. The Bertz CT molecular complexity index is 431. The van der Waals surface area contributed by atoms with E-state index in [1.165, 1.54) is 12.1 Å². The molecule has 0 fully saturated rings. The first kappa shape index (κ1) is 14.9. The number of hydrogen-bond donors (Lipinski definition) is 3. The highest BCUT2D eigenvalue weighted by Gasteiger charge is 2.03. The highest BCUT2D eigenvalue weighted by molar-refractivity contribution is 5.79. The lowest BCUT2D eigenvalue weighted by Gasteiger charge is -2.04. The van der Waals surface area contributed by atoms with Crippen LogP contribution in [0.1, 0.15) is 24.8 Å². The van der Waals surface area contributed by atoms with Gasteiger partial charge < -0.3 is 16.3 Å². The number of nitrogens with two attached hydrogens (primary N) is 1. The smallest absolute Gasteiger partial charge is 0.269 e. The fraction of sp³-hybridized carbons (Fsp3) is 0.417. The summed E-state index contributed by atoms with van der Waals surface area (Å²) in [5, 5.41) is 24.9. The number of amidine groups is 1. The Balaban J connectivity index is 2.17. The molecule has 0 aliphatic rings. The summed E-state index contributed by atoms with van der Waals surface area (Å²) < 4.78 is 0. The predicted molar refractivity (Wildman–Crippen MR) is 72.1 cm³/mol. The third-order valence-corrected chi connectivity index (χ3v) is 2.64.